The highest BCUT2D eigenvalue weighted by Crippen LogP contribution is 2.76. The Hall–Kier alpha value is -3.42. The van der Waals surface area contributed by atoms with Crippen molar-refractivity contribution in [2.75, 3.05) is 30.0 Å². The van der Waals surface area contributed by atoms with Crippen LogP contribution in [0.5, 0.6) is 0 Å². The molecule has 1 atom stereocenters. The van der Waals surface area contributed by atoms with E-state index in [4.69, 9.17) is 32.0 Å². The molecule has 2 saturated carbocycles. The number of urea groups is 1. The van der Waals surface area contributed by atoms with E-state index in [9.17, 15) is 18.7 Å². The van der Waals surface area contributed by atoms with Crippen LogP contribution in [0.4, 0.5) is 16.3 Å². The molecule has 0 bridgehead atoms. The number of anilines is 2. The lowest BCUT2D eigenvalue weighted by atomic mass is 10.1. The Balaban J connectivity index is 1.37. The molecule has 222 valence electrons. The Morgan fingerprint density at radius 3 is 2.48 bits per heavy atom. The molecule has 2 aromatic carbocycles. The quantitative estimate of drug-likeness (QED) is 0.232. The van der Waals surface area contributed by atoms with Gasteiger partial charge in [0.1, 0.15) is 10.6 Å². The first-order valence-electron chi connectivity index (χ1n) is 13.9. The third-order valence-corrected chi connectivity index (χ3v) is 11.0. The van der Waals surface area contributed by atoms with Crippen molar-refractivity contribution in [1.29, 1.82) is 0 Å². The zero-order valence-corrected chi connectivity index (χ0v) is 24.6. The van der Waals surface area contributed by atoms with E-state index in [0.717, 1.165) is 12.8 Å². The molecule has 3 fully saturated rings. The lowest BCUT2D eigenvalue weighted by molar-refractivity contribution is 0.0985. The number of amides is 3. The number of morpholine rings is 1. The summed E-state index contributed by atoms with van der Waals surface area (Å²) in [5.41, 5.74) is 7.42. The van der Waals surface area contributed by atoms with E-state index < -0.39 is 21.2 Å². The fraction of sp³-hybridized carbons (Fsp3) is 0.379. The van der Waals surface area contributed by atoms with Gasteiger partial charge in [0.25, 0.3) is 0 Å². The molecule has 1 saturated heterocycles. The summed E-state index contributed by atoms with van der Waals surface area (Å²) in [4.78, 5) is 35.9. The summed E-state index contributed by atoms with van der Waals surface area (Å²) in [5, 5.41) is 5.80. The molecule has 6 rings (SSSR count). The molecule has 13 heteroatoms. The van der Waals surface area contributed by atoms with Crippen LogP contribution < -0.4 is 21.3 Å². The molecular weight excluding hydrogens is 580 g/mol. The number of ether oxygens (including phenoxy) is 1. The maximum atomic E-state index is 12.2. The summed E-state index contributed by atoms with van der Waals surface area (Å²) in [6, 6.07) is 13.4. The summed E-state index contributed by atoms with van der Waals surface area (Å²) >= 11 is 6.46. The molecule has 3 aliphatic rings. The number of hydrogen-bond donors (Lipinski definition) is 5. The number of benzene rings is 2. The van der Waals surface area contributed by atoms with Gasteiger partial charge in [0.15, 0.2) is 5.82 Å². The van der Waals surface area contributed by atoms with Crippen LogP contribution in [0.1, 0.15) is 48.7 Å². The smallest absolute Gasteiger partial charge is 0.319 e. The highest BCUT2D eigenvalue weighted by Gasteiger charge is 2.58. The molecule has 2 aliphatic carbocycles. The number of nitrogens with one attached hydrogen (secondary N) is 2. The zero-order chi connectivity index (χ0) is 29.6. The van der Waals surface area contributed by atoms with Crippen LogP contribution in [0.3, 0.4) is 0 Å². The molecule has 11 nitrogen and oxygen atoms in total. The first kappa shape index (κ1) is 28.7. The monoisotopic (exact) mass is 612 g/mol. The molecule has 2 heterocycles. The third-order valence-electron chi connectivity index (χ3n) is 7.93. The SMILES string of the molecule is C[C@H]1COCCN1c1cc(C2(S(O)(O)c3ccc(C(N)=O)cc3Cl)CC2)nc(-c2ccc(NC(=O)NC3CC3)cc2)n1. The first-order chi connectivity index (χ1) is 20.1. The van der Waals surface area contributed by atoms with Crippen molar-refractivity contribution in [2.24, 2.45) is 5.73 Å². The van der Waals surface area contributed by atoms with Crippen molar-refractivity contribution in [3.05, 3.63) is 64.8 Å². The van der Waals surface area contributed by atoms with Gasteiger partial charge in [-0.05, 0) is 75.1 Å². The van der Waals surface area contributed by atoms with Gasteiger partial charge in [-0.1, -0.05) is 11.6 Å². The minimum atomic E-state index is -3.51. The fourth-order valence-corrected chi connectivity index (χ4v) is 7.77. The van der Waals surface area contributed by atoms with Gasteiger partial charge in [0, 0.05) is 35.5 Å². The largest absolute Gasteiger partial charge is 0.377 e. The van der Waals surface area contributed by atoms with Crippen molar-refractivity contribution in [1.82, 2.24) is 15.3 Å². The average Bonchev–Trinajstić information content (AvgIpc) is 3.89. The van der Waals surface area contributed by atoms with Crippen LogP contribution in [-0.2, 0) is 9.48 Å². The zero-order valence-electron chi connectivity index (χ0n) is 23.0. The van der Waals surface area contributed by atoms with E-state index in [1.807, 2.05) is 25.1 Å². The average molecular weight is 613 g/mol. The van der Waals surface area contributed by atoms with Crippen molar-refractivity contribution < 1.29 is 23.4 Å². The molecule has 6 N–H and O–H groups in total. The summed E-state index contributed by atoms with van der Waals surface area (Å²) in [6.45, 7) is 3.76. The maximum absolute atomic E-state index is 12.2. The number of rotatable bonds is 8. The topological polar surface area (TPSA) is 163 Å². The molecule has 1 aromatic heterocycles. The number of nitrogens with two attached hydrogens (primary N) is 1. The summed E-state index contributed by atoms with van der Waals surface area (Å²) in [5.74, 6) is 0.427. The standard InChI is InChI=1S/C29H33ClN6O5S/c1-17-16-41-13-12-36(17)25-15-24(29(10-11-29)42(39,40)23-9-4-19(26(31)37)14-22(23)30)34-27(35-25)18-2-5-20(6-3-18)32-28(38)33-21-7-8-21/h2-6,9,14-15,17,21,39-40H,7-8,10-13,16H2,1H3,(H2,31,37)(H2,32,33,38)/t17-/m0/s1. The van der Waals surface area contributed by atoms with Gasteiger partial charge >= 0.3 is 6.03 Å². The van der Waals surface area contributed by atoms with E-state index in [-0.39, 0.29) is 33.6 Å². The van der Waals surface area contributed by atoms with Gasteiger partial charge in [-0.3, -0.25) is 13.9 Å². The molecule has 0 spiro atoms. The predicted octanol–water partition coefficient (Wildman–Crippen LogP) is 5.20. The highest BCUT2D eigenvalue weighted by atomic mass is 35.5. The van der Waals surface area contributed by atoms with Crippen LogP contribution in [0, 0.1) is 0 Å². The number of nitrogens with zero attached hydrogens (tertiary/aromatic N) is 3. The molecule has 3 aromatic rings. The highest BCUT2D eigenvalue weighted by molar-refractivity contribution is 8.25. The molecule has 0 unspecified atom stereocenters. The van der Waals surface area contributed by atoms with Crippen molar-refractivity contribution in [3.63, 3.8) is 0 Å². The predicted molar refractivity (Wildman–Crippen MR) is 162 cm³/mol. The summed E-state index contributed by atoms with van der Waals surface area (Å²) in [7, 11) is -3.51. The van der Waals surface area contributed by atoms with Crippen LogP contribution >= 0.6 is 22.2 Å². The minimum absolute atomic E-state index is 0.0530. The van der Waals surface area contributed by atoms with Crippen LogP contribution in [0.15, 0.2) is 53.4 Å². The summed E-state index contributed by atoms with van der Waals surface area (Å²) < 4.78 is 28.0. The van der Waals surface area contributed by atoms with Crippen LogP contribution in [0.25, 0.3) is 11.4 Å². The van der Waals surface area contributed by atoms with Gasteiger partial charge < -0.3 is 26.0 Å². The lowest BCUT2D eigenvalue weighted by Gasteiger charge is -2.42. The Morgan fingerprint density at radius 2 is 1.86 bits per heavy atom. The van der Waals surface area contributed by atoms with Gasteiger partial charge in [0.2, 0.25) is 5.91 Å². The Bertz CT molecular complexity index is 1530. The molecule has 1 aliphatic heterocycles. The minimum Gasteiger partial charge on any atom is -0.377 e. The van der Waals surface area contributed by atoms with E-state index >= 15 is 0 Å². The lowest BCUT2D eigenvalue weighted by Crippen LogP contribution is -2.44. The van der Waals surface area contributed by atoms with Gasteiger partial charge in [-0.2, -0.15) is 10.6 Å². The maximum Gasteiger partial charge on any atom is 0.319 e. The van der Waals surface area contributed by atoms with Gasteiger partial charge in [-0.25, -0.2) is 14.8 Å². The van der Waals surface area contributed by atoms with E-state index in [2.05, 4.69) is 15.5 Å². The molecular formula is C29H33ClN6O5S. The van der Waals surface area contributed by atoms with Crippen molar-refractivity contribution >= 4 is 45.6 Å². The Kier molecular flexibility index (Phi) is 7.52. The number of hydrogen-bond acceptors (Lipinski definition) is 8. The van der Waals surface area contributed by atoms with E-state index in [1.165, 1.54) is 18.2 Å². The number of carbonyl (C=O) groups is 2. The second kappa shape index (κ2) is 11.0. The third kappa shape index (κ3) is 5.52. The second-order valence-corrected chi connectivity index (χ2v) is 13.8. The van der Waals surface area contributed by atoms with E-state index in [0.29, 0.717) is 61.2 Å². The van der Waals surface area contributed by atoms with Crippen LogP contribution in [0.2, 0.25) is 5.02 Å². The van der Waals surface area contributed by atoms with E-state index in [1.54, 1.807) is 12.1 Å². The van der Waals surface area contributed by atoms with Gasteiger partial charge in [0.05, 0.1) is 34.9 Å². The Labute approximate surface area is 250 Å². The Morgan fingerprint density at radius 1 is 1.12 bits per heavy atom. The van der Waals surface area contributed by atoms with Crippen LogP contribution in [-0.4, -0.2) is 62.9 Å². The number of carbonyl (C=O) groups excluding carboxylic acids is 2. The van der Waals surface area contributed by atoms with Crippen molar-refractivity contribution in [3.8, 4) is 11.4 Å². The van der Waals surface area contributed by atoms with Gasteiger partial charge in [-0.15, -0.1) is 0 Å². The van der Waals surface area contributed by atoms with Crippen molar-refractivity contribution in [2.45, 2.75) is 54.3 Å². The summed E-state index contributed by atoms with van der Waals surface area (Å²) in [6.07, 6.45) is 2.97. The molecule has 42 heavy (non-hydrogen) atoms. The second-order valence-electron chi connectivity index (χ2n) is 11.1. The first-order valence-corrected chi connectivity index (χ1v) is 15.8. The number of aromatic nitrogens is 2. The number of halogens is 1. The normalized spacial score (nSPS) is 20.1. The number of primary amides is 1. The fourth-order valence-electron chi connectivity index (χ4n) is 5.19. The molecule has 0 radical (unpaired) electrons. The molecule has 3 amide bonds.